The third kappa shape index (κ3) is 1.96. The van der Waals surface area contributed by atoms with Crippen LogP contribution >= 0.6 is 12.2 Å². The number of ether oxygens (including phenoxy) is 1. The summed E-state index contributed by atoms with van der Waals surface area (Å²) in [6.45, 7) is 1.98. The fourth-order valence-corrected chi connectivity index (χ4v) is 2.41. The van der Waals surface area contributed by atoms with Gasteiger partial charge in [-0.2, -0.15) is 0 Å². The summed E-state index contributed by atoms with van der Waals surface area (Å²) in [6.07, 6.45) is 1.36. The number of nitrogens with one attached hydrogen (secondary N) is 2. The van der Waals surface area contributed by atoms with Crippen molar-refractivity contribution >= 4 is 23.3 Å². The average molecular weight is 249 g/mol. The molecule has 1 fully saturated rings. The van der Waals surface area contributed by atoms with Crippen LogP contribution in [0.3, 0.4) is 0 Å². The van der Waals surface area contributed by atoms with E-state index in [0.717, 1.165) is 41.1 Å². The van der Waals surface area contributed by atoms with Gasteiger partial charge in [0, 0.05) is 19.7 Å². The molecule has 0 bridgehead atoms. The van der Waals surface area contributed by atoms with Gasteiger partial charge in [-0.3, -0.25) is 0 Å². The summed E-state index contributed by atoms with van der Waals surface area (Å²) < 4.78 is 8.62. The molecule has 1 saturated heterocycles. The lowest BCUT2D eigenvalue weighted by molar-refractivity contribution is 0.223. The molecule has 0 radical (unpaired) electrons. The van der Waals surface area contributed by atoms with E-state index in [4.69, 9.17) is 17.0 Å². The number of benzene rings is 1. The minimum Gasteiger partial charge on any atom is -0.489 e. The fraction of sp³-hybridized carbons (Fsp3) is 0.417. The van der Waals surface area contributed by atoms with E-state index in [0.29, 0.717) is 6.10 Å². The predicted octanol–water partition coefficient (Wildman–Crippen LogP) is 1.98. The average Bonchev–Trinajstić information content (AvgIpc) is 2.91. The van der Waals surface area contributed by atoms with Gasteiger partial charge in [0.15, 0.2) is 4.77 Å². The maximum Gasteiger partial charge on any atom is 0.177 e. The summed E-state index contributed by atoms with van der Waals surface area (Å²) in [5.74, 6) is 0.913. The summed E-state index contributed by atoms with van der Waals surface area (Å²) in [7, 11) is 1.96. The van der Waals surface area contributed by atoms with Gasteiger partial charge in [-0.05, 0) is 37.3 Å². The number of H-pyrrole nitrogens is 1. The molecule has 1 aromatic carbocycles. The maximum absolute atomic E-state index is 5.92. The lowest BCUT2D eigenvalue weighted by atomic mass is 10.2. The molecule has 1 unspecified atom stereocenters. The first kappa shape index (κ1) is 10.8. The Hall–Kier alpha value is -1.33. The van der Waals surface area contributed by atoms with E-state index < -0.39 is 0 Å². The Morgan fingerprint density at radius 3 is 3.12 bits per heavy atom. The predicted molar refractivity (Wildman–Crippen MR) is 70.0 cm³/mol. The normalized spacial score (nSPS) is 19.9. The molecule has 2 N–H and O–H groups in total. The van der Waals surface area contributed by atoms with E-state index >= 15 is 0 Å². The molecule has 17 heavy (non-hydrogen) atoms. The molecule has 2 heterocycles. The van der Waals surface area contributed by atoms with Crippen molar-refractivity contribution in [3.63, 3.8) is 0 Å². The van der Waals surface area contributed by atoms with Crippen LogP contribution in [0.15, 0.2) is 18.2 Å². The molecule has 1 aliphatic heterocycles. The van der Waals surface area contributed by atoms with Crippen LogP contribution in [-0.4, -0.2) is 28.7 Å². The van der Waals surface area contributed by atoms with Crippen molar-refractivity contribution in [3.05, 3.63) is 23.0 Å². The molecule has 1 aliphatic rings. The quantitative estimate of drug-likeness (QED) is 0.800. The lowest BCUT2D eigenvalue weighted by Crippen LogP contribution is -2.19. The van der Waals surface area contributed by atoms with Crippen LogP contribution in [0.2, 0.25) is 0 Å². The number of aromatic amines is 1. The second-order valence-electron chi connectivity index (χ2n) is 4.40. The van der Waals surface area contributed by atoms with E-state index in [-0.39, 0.29) is 0 Å². The summed E-state index contributed by atoms with van der Waals surface area (Å²) in [5.41, 5.74) is 2.13. The topological polar surface area (TPSA) is 42.0 Å². The van der Waals surface area contributed by atoms with Crippen molar-refractivity contribution in [1.82, 2.24) is 14.9 Å². The first-order valence-corrected chi connectivity index (χ1v) is 6.21. The number of aryl methyl sites for hydroxylation is 1. The van der Waals surface area contributed by atoms with Gasteiger partial charge >= 0.3 is 0 Å². The zero-order valence-electron chi connectivity index (χ0n) is 9.69. The van der Waals surface area contributed by atoms with Crippen LogP contribution in [0.4, 0.5) is 0 Å². The number of nitrogens with zero attached hydrogens (tertiary/aromatic N) is 1. The number of imidazole rings is 1. The standard InChI is InChI=1S/C12H15N3OS/c1-15-11-6-8(16-9-4-5-13-7-9)2-3-10(11)14-12(15)17/h2-3,6,9,13H,4-5,7H2,1H3,(H,14,17). The summed E-state index contributed by atoms with van der Waals surface area (Å²) >= 11 is 5.20. The van der Waals surface area contributed by atoms with Crippen molar-refractivity contribution in [3.8, 4) is 5.75 Å². The van der Waals surface area contributed by atoms with Crippen LogP contribution in [0.1, 0.15) is 6.42 Å². The third-order valence-corrected chi connectivity index (χ3v) is 3.57. The Balaban J connectivity index is 1.95. The number of hydrogen-bond acceptors (Lipinski definition) is 3. The van der Waals surface area contributed by atoms with E-state index in [2.05, 4.69) is 10.3 Å². The van der Waals surface area contributed by atoms with Crippen molar-refractivity contribution in [1.29, 1.82) is 0 Å². The van der Waals surface area contributed by atoms with E-state index in [9.17, 15) is 0 Å². The van der Waals surface area contributed by atoms with Gasteiger partial charge in [0.2, 0.25) is 0 Å². The Kier molecular flexibility index (Phi) is 2.64. The first-order chi connectivity index (χ1) is 8.24. The first-order valence-electron chi connectivity index (χ1n) is 5.80. The highest BCUT2D eigenvalue weighted by atomic mass is 32.1. The molecule has 0 aliphatic carbocycles. The van der Waals surface area contributed by atoms with Crippen molar-refractivity contribution in [2.75, 3.05) is 13.1 Å². The Bertz CT molecular complexity index is 595. The van der Waals surface area contributed by atoms with Crippen LogP contribution < -0.4 is 10.1 Å². The summed E-state index contributed by atoms with van der Waals surface area (Å²) in [4.78, 5) is 3.16. The van der Waals surface area contributed by atoms with Crippen LogP contribution in [0, 0.1) is 4.77 Å². The molecular formula is C12H15N3OS. The largest absolute Gasteiger partial charge is 0.489 e. The molecule has 0 spiro atoms. The minimum atomic E-state index is 0.291. The van der Waals surface area contributed by atoms with Gasteiger partial charge in [0.25, 0.3) is 0 Å². The van der Waals surface area contributed by atoms with Crippen molar-refractivity contribution < 1.29 is 4.74 Å². The third-order valence-electron chi connectivity index (χ3n) is 3.19. The second kappa shape index (κ2) is 4.16. The van der Waals surface area contributed by atoms with Crippen molar-refractivity contribution in [2.45, 2.75) is 12.5 Å². The Morgan fingerprint density at radius 1 is 1.47 bits per heavy atom. The minimum absolute atomic E-state index is 0.291. The number of hydrogen-bond donors (Lipinski definition) is 2. The van der Waals surface area contributed by atoms with Gasteiger partial charge in [-0.1, -0.05) is 0 Å². The molecule has 4 nitrogen and oxygen atoms in total. The monoisotopic (exact) mass is 249 g/mol. The smallest absolute Gasteiger partial charge is 0.177 e. The zero-order chi connectivity index (χ0) is 11.8. The maximum atomic E-state index is 5.92. The zero-order valence-corrected chi connectivity index (χ0v) is 10.5. The van der Waals surface area contributed by atoms with Crippen LogP contribution in [-0.2, 0) is 7.05 Å². The highest BCUT2D eigenvalue weighted by Gasteiger charge is 2.16. The summed E-state index contributed by atoms with van der Waals surface area (Å²) in [5, 5.41) is 3.29. The van der Waals surface area contributed by atoms with Gasteiger partial charge in [0.05, 0.1) is 11.0 Å². The fourth-order valence-electron chi connectivity index (χ4n) is 2.20. The Labute approximate surface area is 105 Å². The van der Waals surface area contributed by atoms with Gasteiger partial charge in [0.1, 0.15) is 11.9 Å². The highest BCUT2D eigenvalue weighted by Crippen LogP contribution is 2.22. The van der Waals surface area contributed by atoms with Crippen LogP contribution in [0.5, 0.6) is 5.75 Å². The molecule has 90 valence electrons. The van der Waals surface area contributed by atoms with Gasteiger partial charge < -0.3 is 19.6 Å². The molecule has 5 heteroatoms. The van der Waals surface area contributed by atoms with E-state index in [1.54, 1.807) is 0 Å². The molecule has 0 saturated carbocycles. The molecule has 2 aromatic rings. The number of aromatic nitrogens is 2. The molecule has 1 atom stereocenters. The lowest BCUT2D eigenvalue weighted by Gasteiger charge is -2.12. The van der Waals surface area contributed by atoms with E-state index in [1.165, 1.54) is 0 Å². The van der Waals surface area contributed by atoms with Crippen LogP contribution in [0.25, 0.3) is 11.0 Å². The molecule has 0 amide bonds. The molecule has 1 aromatic heterocycles. The van der Waals surface area contributed by atoms with Gasteiger partial charge in [-0.15, -0.1) is 0 Å². The highest BCUT2D eigenvalue weighted by molar-refractivity contribution is 7.71. The van der Waals surface area contributed by atoms with Gasteiger partial charge in [-0.25, -0.2) is 0 Å². The second-order valence-corrected chi connectivity index (χ2v) is 4.79. The van der Waals surface area contributed by atoms with E-state index in [1.807, 2.05) is 29.8 Å². The van der Waals surface area contributed by atoms with Crippen molar-refractivity contribution in [2.24, 2.45) is 7.05 Å². The molecular weight excluding hydrogens is 234 g/mol. The number of rotatable bonds is 2. The number of fused-ring (bicyclic) bond motifs is 1. The molecule has 3 rings (SSSR count). The Morgan fingerprint density at radius 2 is 2.35 bits per heavy atom. The SMILES string of the molecule is Cn1c(=S)[nH]c2ccc(OC3CCNC3)cc21. The summed E-state index contributed by atoms with van der Waals surface area (Å²) in [6, 6.07) is 6.05.